The van der Waals surface area contributed by atoms with Gasteiger partial charge in [-0.1, -0.05) is 6.92 Å². The van der Waals surface area contributed by atoms with E-state index in [-0.39, 0.29) is 0 Å². The van der Waals surface area contributed by atoms with Gasteiger partial charge in [-0.05, 0) is 25.2 Å². The third kappa shape index (κ3) is 1.22. The summed E-state index contributed by atoms with van der Waals surface area (Å²) in [4.78, 5) is 0. The number of ether oxygens (including phenoxy) is 1. The molecule has 1 radical (unpaired) electrons. The first kappa shape index (κ1) is 6.09. The smallest absolute Gasteiger partial charge is 0.0574 e. The molecule has 0 aromatic heterocycles. The Hall–Kier alpha value is -0.0400. The van der Waals surface area contributed by atoms with Crippen molar-refractivity contribution in [1.29, 1.82) is 0 Å². The minimum atomic E-state index is 0.512. The Labute approximate surface area is 51.0 Å². The van der Waals surface area contributed by atoms with Crippen LogP contribution in [-0.4, -0.2) is 13.2 Å². The minimum absolute atomic E-state index is 0.512. The molecule has 0 aliphatic heterocycles. The summed E-state index contributed by atoms with van der Waals surface area (Å²) in [5.74, 6) is 0.653. The summed E-state index contributed by atoms with van der Waals surface area (Å²) in [5, 5.41) is 0. The molecule has 1 nitrogen and oxygen atoms in total. The molecule has 0 N–H and O–H groups in total. The Bertz CT molecular complexity index is 70.8. The van der Waals surface area contributed by atoms with Crippen molar-refractivity contribution in [3.8, 4) is 0 Å². The fraction of sp³-hybridized carbons (Fsp3) is 0.857. The van der Waals surface area contributed by atoms with Crippen LogP contribution in [0, 0.1) is 12.8 Å². The van der Waals surface area contributed by atoms with E-state index < -0.39 is 0 Å². The van der Waals surface area contributed by atoms with Gasteiger partial charge in [0.25, 0.3) is 0 Å². The van der Waals surface area contributed by atoms with E-state index in [1.54, 1.807) is 7.11 Å². The third-order valence-electron chi connectivity index (χ3n) is 1.83. The molecule has 0 bridgehead atoms. The third-order valence-corrected chi connectivity index (χ3v) is 1.83. The fourth-order valence-electron chi connectivity index (χ4n) is 1.24. The number of hydrogen-bond donors (Lipinski definition) is 0. The summed E-state index contributed by atoms with van der Waals surface area (Å²) in [6.45, 7) is 3.96. The highest BCUT2D eigenvalue weighted by molar-refractivity contribution is 4.76. The molecule has 0 saturated heterocycles. The summed E-state index contributed by atoms with van der Waals surface area (Å²) in [7, 11) is 1.78. The van der Waals surface area contributed by atoms with E-state index in [1.165, 1.54) is 12.8 Å². The van der Waals surface area contributed by atoms with Gasteiger partial charge in [0.05, 0.1) is 6.10 Å². The predicted octanol–water partition coefficient (Wildman–Crippen LogP) is 1.64. The van der Waals surface area contributed by atoms with E-state index in [2.05, 4.69) is 6.92 Å². The Morgan fingerprint density at radius 2 is 2.25 bits per heavy atom. The Balaban J connectivity index is 2.22. The van der Waals surface area contributed by atoms with Crippen LogP contribution >= 0.6 is 0 Å². The van der Waals surface area contributed by atoms with E-state index >= 15 is 0 Å². The summed E-state index contributed by atoms with van der Waals surface area (Å²) in [6, 6.07) is 0. The zero-order valence-corrected chi connectivity index (χ0v) is 5.39. The van der Waals surface area contributed by atoms with Crippen molar-refractivity contribution in [2.45, 2.75) is 25.4 Å². The number of hydrogen-bond acceptors (Lipinski definition) is 1. The molecule has 47 valence electrons. The van der Waals surface area contributed by atoms with Crippen molar-refractivity contribution in [1.82, 2.24) is 0 Å². The topological polar surface area (TPSA) is 9.23 Å². The minimum Gasteiger partial charge on any atom is -0.381 e. The molecular formula is C7H13O. The first-order valence-corrected chi connectivity index (χ1v) is 3.19. The van der Waals surface area contributed by atoms with Gasteiger partial charge in [0.15, 0.2) is 0 Å². The lowest BCUT2D eigenvalue weighted by atomic mass is 10.1. The van der Waals surface area contributed by atoms with Crippen LogP contribution in [0.3, 0.4) is 0 Å². The molecule has 2 unspecified atom stereocenters. The van der Waals surface area contributed by atoms with Crippen molar-refractivity contribution < 1.29 is 4.74 Å². The quantitative estimate of drug-likeness (QED) is 0.502. The summed E-state index contributed by atoms with van der Waals surface area (Å²) >= 11 is 0. The van der Waals surface area contributed by atoms with Crippen LogP contribution < -0.4 is 0 Å². The van der Waals surface area contributed by atoms with Gasteiger partial charge in [-0.25, -0.2) is 0 Å². The molecule has 2 atom stereocenters. The van der Waals surface area contributed by atoms with Crippen LogP contribution in [0.5, 0.6) is 0 Å². The highest BCUT2D eigenvalue weighted by atomic mass is 16.5. The van der Waals surface area contributed by atoms with Gasteiger partial charge in [0.1, 0.15) is 0 Å². The second kappa shape index (κ2) is 2.49. The van der Waals surface area contributed by atoms with Crippen molar-refractivity contribution in [2.24, 2.45) is 5.92 Å². The van der Waals surface area contributed by atoms with E-state index in [0.29, 0.717) is 12.0 Å². The average Bonchev–Trinajstić information content (AvgIpc) is 2.14. The van der Waals surface area contributed by atoms with Crippen LogP contribution in [0.2, 0.25) is 0 Å². The van der Waals surface area contributed by atoms with Crippen LogP contribution in [0.25, 0.3) is 0 Å². The first-order valence-electron chi connectivity index (χ1n) is 3.19. The maximum Gasteiger partial charge on any atom is 0.0574 e. The average molecular weight is 113 g/mol. The van der Waals surface area contributed by atoms with Crippen LogP contribution in [-0.2, 0) is 4.74 Å². The van der Waals surface area contributed by atoms with Crippen molar-refractivity contribution in [2.75, 3.05) is 7.11 Å². The summed E-state index contributed by atoms with van der Waals surface area (Å²) in [5.41, 5.74) is 0. The molecule has 1 aliphatic rings. The molecule has 8 heavy (non-hydrogen) atoms. The van der Waals surface area contributed by atoms with Crippen LogP contribution in [0.1, 0.15) is 19.3 Å². The van der Waals surface area contributed by atoms with Gasteiger partial charge in [-0.2, -0.15) is 0 Å². The van der Waals surface area contributed by atoms with Gasteiger partial charge in [-0.3, -0.25) is 0 Å². The highest BCUT2D eigenvalue weighted by Gasteiger charge is 2.19. The molecule has 0 aromatic rings. The maximum absolute atomic E-state index is 5.14. The monoisotopic (exact) mass is 113 g/mol. The summed E-state index contributed by atoms with van der Waals surface area (Å²) in [6.07, 6.45) is 4.14. The van der Waals surface area contributed by atoms with Crippen molar-refractivity contribution >= 4 is 0 Å². The van der Waals surface area contributed by atoms with Crippen LogP contribution in [0.4, 0.5) is 0 Å². The van der Waals surface area contributed by atoms with E-state index in [9.17, 15) is 0 Å². The van der Waals surface area contributed by atoms with Gasteiger partial charge >= 0.3 is 0 Å². The SMILES string of the molecule is [CH2]C1CCC(OC)C1. The largest absolute Gasteiger partial charge is 0.381 e. The van der Waals surface area contributed by atoms with Crippen LogP contribution in [0.15, 0.2) is 0 Å². The van der Waals surface area contributed by atoms with Gasteiger partial charge < -0.3 is 4.74 Å². The zero-order valence-electron chi connectivity index (χ0n) is 5.39. The van der Waals surface area contributed by atoms with Gasteiger partial charge in [0.2, 0.25) is 0 Å². The number of methoxy groups -OCH3 is 1. The van der Waals surface area contributed by atoms with E-state index in [1.807, 2.05) is 0 Å². The Kier molecular flexibility index (Phi) is 1.90. The normalized spacial score (nSPS) is 38.2. The predicted molar refractivity (Wildman–Crippen MR) is 33.5 cm³/mol. The lowest BCUT2D eigenvalue weighted by molar-refractivity contribution is 0.107. The molecule has 1 rings (SSSR count). The first-order chi connectivity index (χ1) is 3.83. The Morgan fingerprint density at radius 1 is 1.50 bits per heavy atom. The summed E-state index contributed by atoms with van der Waals surface area (Å²) < 4.78 is 5.14. The number of rotatable bonds is 1. The van der Waals surface area contributed by atoms with Gasteiger partial charge in [-0.15, -0.1) is 0 Å². The second-order valence-electron chi connectivity index (χ2n) is 2.54. The molecule has 1 fully saturated rings. The highest BCUT2D eigenvalue weighted by Crippen LogP contribution is 2.25. The van der Waals surface area contributed by atoms with Gasteiger partial charge in [0, 0.05) is 7.11 Å². The molecule has 0 heterocycles. The molecular weight excluding hydrogens is 100 g/mol. The molecule has 1 aliphatic carbocycles. The lowest BCUT2D eigenvalue weighted by Gasteiger charge is -2.04. The molecule has 1 heteroatoms. The Morgan fingerprint density at radius 3 is 2.50 bits per heavy atom. The molecule has 0 amide bonds. The lowest BCUT2D eigenvalue weighted by Crippen LogP contribution is -2.03. The van der Waals surface area contributed by atoms with Crippen molar-refractivity contribution in [3.63, 3.8) is 0 Å². The molecule has 0 spiro atoms. The zero-order chi connectivity index (χ0) is 5.98. The standard InChI is InChI=1S/C7H13O/c1-6-3-4-7(5-6)8-2/h6-7H,1,3-5H2,2H3. The van der Waals surface area contributed by atoms with Crippen molar-refractivity contribution in [3.05, 3.63) is 6.92 Å². The second-order valence-corrected chi connectivity index (χ2v) is 2.54. The molecule has 1 saturated carbocycles. The molecule has 0 aromatic carbocycles. The van der Waals surface area contributed by atoms with E-state index in [4.69, 9.17) is 4.74 Å². The van der Waals surface area contributed by atoms with E-state index in [0.717, 1.165) is 6.42 Å². The fourth-order valence-corrected chi connectivity index (χ4v) is 1.24. The maximum atomic E-state index is 5.14.